The number of nitrogens with two attached hydrogens (primary N) is 1. The normalized spacial score (nSPS) is 15.1. The van der Waals surface area contributed by atoms with Crippen molar-refractivity contribution in [2.75, 3.05) is 13.1 Å². The maximum atomic E-state index is 12.2. The molecule has 4 N–H and O–H groups in total. The quantitative estimate of drug-likeness (QED) is 0.757. The van der Waals surface area contributed by atoms with Crippen molar-refractivity contribution in [3.05, 3.63) is 35.4 Å². The number of carbonyl (C=O) groups is 3. The Labute approximate surface area is 135 Å². The van der Waals surface area contributed by atoms with Crippen molar-refractivity contribution in [3.8, 4) is 0 Å². The zero-order chi connectivity index (χ0) is 16.8. The highest BCUT2D eigenvalue weighted by Crippen LogP contribution is 2.12. The van der Waals surface area contributed by atoms with Gasteiger partial charge in [0.1, 0.15) is 0 Å². The topological polar surface area (TPSA) is 105 Å². The minimum atomic E-state index is -0.580. The van der Waals surface area contributed by atoms with E-state index >= 15 is 0 Å². The molecule has 124 valence electrons. The van der Waals surface area contributed by atoms with Crippen LogP contribution in [-0.2, 0) is 11.3 Å². The van der Waals surface area contributed by atoms with Crippen molar-refractivity contribution in [1.82, 2.24) is 15.5 Å². The maximum absolute atomic E-state index is 12.2. The summed E-state index contributed by atoms with van der Waals surface area (Å²) in [7, 11) is 0. The fourth-order valence-electron chi connectivity index (χ4n) is 2.57. The van der Waals surface area contributed by atoms with Crippen molar-refractivity contribution >= 4 is 17.8 Å². The average molecular weight is 318 g/mol. The van der Waals surface area contributed by atoms with Crippen LogP contribution in [0.3, 0.4) is 0 Å². The standard InChI is InChI=1S/C16H22N4O3/c1-11(21)20-8-6-14(7-9-20)19-15(22)13-4-2-12(3-5-13)10-18-16(17)23/h2-5,14H,6-10H2,1H3,(H,19,22)(H3,17,18,23). The third-order valence-corrected chi connectivity index (χ3v) is 3.96. The zero-order valence-electron chi connectivity index (χ0n) is 13.2. The van der Waals surface area contributed by atoms with Gasteiger partial charge >= 0.3 is 6.03 Å². The van der Waals surface area contributed by atoms with Gasteiger partial charge in [0, 0.05) is 38.2 Å². The molecule has 1 aromatic carbocycles. The Kier molecular flexibility index (Phi) is 5.56. The van der Waals surface area contributed by atoms with Crippen molar-refractivity contribution in [2.24, 2.45) is 5.73 Å². The largest absolute Gasteiger partial charge is 0.352 e. The lowest BCUT2D eigenvalue weighted by Crippen LogP contribution is -2.46. The molecule has 0 aliphatic carbocycles. The molecule has 0 unspecified atom stereocenters. The molecule has 2 rings (SSSR count). The van der Waals surface area contributed by atoms with Gasteiger partial charge in [0.15, 0.2) is 0 Å². The Hall–Kier alpha value is -2.57. The molecule has 0 saturated carbocycles. The number of nitrogens with one attached hydrogen (secondary N) is 2. The molecule has 23 heavy (non-hydrogen) atoms. The van der Waals surface area contributed by atoms with Gasteiger partial charge in [-0.2, -0.15) is 0 Å². The molecule has 0 atom stereocenters. The van der Waals surface area contributed by atoms with Crippen molar-refractivity contribution in [2.45, 2.75) is 32.4 Å². The summed E-state index contributed by atoms with van der Waals surface area (Å²) >= 11 is 0. The second-order valence-corrected chi connectivity index (χ2v) is 5.67. The highest BCUT2D eigenvalue weighted by molar-refractivity contribution is 5.94. The van der Waals surface area contributed by atoms with Gasteiger partial charge in [-0.05, 0) is 30.5 Å². The van der Waals surface area contributed by atoms with E-state index in [-0.39, 0.29) is 17.9 Å². The molecule has 0 radical (unpaired) electrons. The molecule has 1 aliphatic rings. The van der Waals surface area contributed by atoms with Crippen LogP contribution in [0.2, 0.25) is 0 Å². The number of hydrogen-bond donors (Lipinski definition) is 3. The molecule has 1 heterocycles. The van der Waals surface area contributed by atoms with Crippen LogP contribution in [0.1, 0.15) is 35.7 Å². The molecule has 1 aliphatic heterocycles. The minimum absolute atomic E-state index is 0.0786. The van der Waals surface area contributed by atoms with E-state index in [1.54, 1.807) is 36.1 Å². The second-order valence-electron chi connectivity index (χ2n) is 5.67. The number of nitrogens with zero attached hydrogens (tertiary/aromatic N) is 1. The first kappa shape index (κ1) is 16.8. The molecule has 1 saturated heterocycles. The number of primary amides is 1. The Morgan fingerprint density at radius 2 is 1.78 bits per heavy atom. The first-order chi connectivity index (χ1) is 11.0. The number of urea groups is 1. The summed E-state index contributed by atoms with van der Waals surface area (Å²) in [5.41, 5.74) is 6.45. The zero-order valence-corrected chi connectivity index (χ0v) is 13.2. The SMILES string of the molecule is CC(=O)N1CCC(NC(=O)c2ccc(CNC(N)=O)cc2)CC1. The molecule has 0 spiro atoms. The molecule has 1 fully saturated rings. The Morgan fingerprint density at radius 3 is 2.30 bits per heavy atom. The third-order valence-electron chi connectivity index (χ3n) is 3.96. The number of carbonyl (C=O) groups excluding carboxylic acids is 3. The van der Waals surface area contributed by atoms with Crippen LogP contribution in [0.5, 0.6) is 0 Å². The average Bonchev–Trinajstić information content (AvgIpc) is 2.54. The van der Waals surface area contributed by atoms with E-state index in [1.165, 1.54) is 0 Å². The van der Waals surface area contributed by atoms with Crippen LogP contribution >= 0.6 is 0 Å². The van der Waals surface area contributed by atoms with Gasteiger partial charge < -0.3 is 21.3 Å². The lowest BCUT2D eigenvalue weighted by atomic mass is 10.0. The van der Waals surface area contributed by atoms with E-state index in [9.17, 15) is 14.4 Å². The summed E-state index contributed by atoms with van der Waals surface area (Å²) in [6, 6.07) is 6.51. The van der Waals surface area contributed by atoms with Gasteiger partial charge in [0.25, 0.3) is 5.91 Å². The highest BCUT2D eigenvalue weighted by atomic mass is 16.2. The lowest BCUT2D eigenvalue weighted by molar-refractivity contribution is -0.129. The van der Waals surface area contributed by atoms with Crippen LogP contribution in [0.15, 0.2) is 24.3 Å². The monoisotopic (exact) mass is 318 g/mol. The Balaban J connectivity index is 1.84. The Bertz CT molecular complexity index is 577. The summed E-state index contributed by atoms with van der Waals surface area (Å²) in [6.07, 6.45) is 1.54. The molecule has 4 amide bonds. The van der Waals surface area contributed by atoms with Gasteiger partial charge in [-0.15, -0.1) is 0 Å². The minimum Gasteiger partial charge on any atom is -0.352 e. The van der Waals surface area contributed by atoms with E-state index in [0.29, 0.717) is 25.2 Å². The summed E-state index contributed by atoms with van der Waals surface area (Å²) in [4.78, 5) is 36.0. The maximum Gasteiger partial charge on any atom is 0.312 e. The van der Waals surface area contributed by atoms with Gasteiger partial charge in [-0.25, -0.2) is 4.79 Å². The number of rotatable bonds is 4. The first-order valence-electron chi connectivity index (χ1n) is 7.64. The van der Waals surface area contributed by atoms with E-state index in [1.807, 2.05) is 0 Å². The first-order valence-corrected chi connectivity index (χ1v) is 7.64. The van der Waals surface area contributed by atoms with E-state index in [0.717, 1.165) is 18.4 Å². The summed E-state index contributed by atoms with van der Waals surface area (Å²) in [5.74, 6) is -0.0457. The summed E-state index contributed by atoms with van der Waals surface area (Å²) < 4.78 is 0. The number of piperidine rings is 1. The van der Waals surface area contributed by atoms with Crippen LogP contribution in [0.4, 0.5) is 4.79 Å². The van der Waals surface area contributed by atoms with Gasteiger partial charge in [0.2, 0.25) is 5.91 Å². The van der Waals surface area contributed by atoms with Gasteiger partial charge in [-0.1, -0.05) is 12.1 Å². The Morgan fingerprint density at radius 1 is 1.17 bits per heavy atom. The number of hydrogen-bond acceptors (Lipinski definition) is 3. The molecule has 1 aromatic rings. The lowest BCUT2D eigenvalue weighted by Gasteiger charge is -2.31. The van der Waals surface area contributed by atoms with Crippen LogP contribution in [0.25, 0.3) is 0 Å². The fourth-order valence-corrected chi connectivity index (χ4v) is 2.57. The van der Waals surface area contributed by atoms with Crippen LogP contribution < -0.4 is 16.4 Å². The highest BCUT2D eigenvalue weighted by Gasteiger charge is 2.22. The van der Waals surface area contributed by atoms with Crippen LogP contribution in [0, 0.1) is 0 Å². The smallest absolute Gasteiger partial charge is 0.312 e. The molecule has 7 nitrogen and oxygen atoms in total. The van der Waals surface area contributed by atoms with Crippen molar-refractivity contribution < 1.29 is 14.4 Å². The van der Waals surface area contributed by atoms with Gasteiger partial charge in [0.05, 0.1) is 0 Å². The third kappa shape index (κ3) is 4.98. The molecule has 0 bridgehead atoms. The van der Waals surface area contributed by atoms with Crippen molar-refractivity contribution in [3.63, 3.8) is 0 Å². The van der Waals surface area contributed by atoms with Crippen LogP contribution in [-0.4, -0.2) is 41.9 Å². The molecule has 0 aromatic heterocycles. The van der Waals surface area contributed by atoms with Crippen molar-refractivity contribution in [1.29, 1.82) is 0 Å². The van der Waals surface area contributed by atoms with E-state index in [4.69, 9.17) is 5.73 Å². The number of benzene rings is 1. The summed E-state index contributed by atoms with van der Waals surface area (Å²) in [6.45, 7) is 3.25. The molecular formula is C16H22N4O3. The predicted octanol–water partition coefficient (Wildman–Crippen LogP) is 0.596. The van der Waals surface area contributed by atoms with E-state index in [2.05, 4.69) is 10.6 Å². The fraction of sp³-hybridized carbons (Fsp3) is 0.438. The van der Waals surface area contributed by atoms with E-state index < -0.39 is 6.03 Å². The second kappa shape index (κ2) is 7.62. The molecule has 7 heteroatoms. The molecular weight excluding hydrogens is 296 g/mol. The summed E-state index contributed by atoms with van der Waals surface area (Å²) in [5, 5.41) is 5.49. The number of amides is 4. The number of likely N-dealkylation sites (tertiary alicyclic amines) is 1. The predicted molar refractivity (Wildman–Crippen MR) is 85.6 cm³/mol. The van der Waals surface area contributed by atoms with Gasteiger partial charge in [-0.3, -0.25) is 9.59 Å².